The third-order valence-electron chi connectivity index (χ3n) is 2.02. The predicted octanol–water partition coefficient (Wildman–Crippen LogP) is 2.70. The first-order valence-corrected chi connectivity index (χ1v) is 5.17. The van der Waals surface area contributed by atoms with Crippen LogP contribution in [0.4, 0.5) is 0 Å². The van der Waals surface area contributed by atoms with Crippen LogP contribution in [0, 0.1) is 0 Å². The molecule has 3 heteroatoms. The van der Waals surface area contributed by atoms with Crippen molar-refractivity contribution in [3.8, 4) is 11.5 Å². The molecule has 86 valence electrons. The lowest BCUT2D eigenvalue weighted by Gasteiger charge is -2.11. The van der Waals surface area contributed by atoms with Crippen molar-refractivity contribution in [2.75, 3.05) is 13.7 Å². The summed E-state index contributed by atoms with van der Waals surface area (Å²) in [4.78, 5) is 10.9. The number of benzene rings is 1. The highest BCUT2D eigenvalue weighted by molar-refractivity contribution is 5.92. The van der Waals surface area contributed by atoms with Gasteiger partial charge in [0, 0.05) is 5.56 Å². The number of allylic oxidation sites excluding steroid dienone is 1. The number of hydrogen-bond donors (Lipinski definition) is 0. The average molecular weight is 220 g/mol. The van der Waals surface area contributed by atoms with Gasteiger partial charge in [-0.1, -0.05) is 12.1 Å². The quantitative estimate of drug-likeness (QED) is 0.716. The molecule has 0 unspecified atom stereocenters. The number of para-hydroxylation sites is 1. The zero-order valence-corrected chi connectivity index (χ0v) is 9.82. The van der Waals surface area contributed by atoms with Crippen LogP contribution in [0.5, 0.6) is 11.5 Å². The van der Waals surface area contributed by atoms with Gasteiger partial charge in [-0.25, -0.2) is 0 Å². The molecular weight excluding hydrogens is 204 g/mol. The van der Waals surface area contributed by atoms with Crippen LogP contribution in [0.15, 0.2) is 24.3 Å². The van der Waals surface area contributed by atoms with E-state index in [4.69, 9.17) is 9.47 Å². The standard InChI is InChI=1S/C13H16O3/c1-4-16-13-11(9-8-10(2)14)6-5-7-12(13)15-3/h5-9H,4H2,1-3H3/b9-8+. The number of ether oxygens (including phenoxy) is 2. The Kier molecular flexibility index (Phi) is 4.58. The van der Waals surface area contributed by atoms with Gasteiger partial charge in [-0.2, -0.15) is 0 Å². The minimum Gasteiger partial charge on any atom is -0.493 e. The highest BCUT2D eigenvalue weighted by Crippen LogP contribution is 2.31. The number of carbonyl (C=O) groups is 1. The fourth-order valence-electron chi connectivity index (χ4n) is 1.33. The first kappa shape index (κ1) is 12.3. The molecule has 0 fully saturated rings. The second-order valence-corrected chi connectivity index (χ2v) is 3.26. The first-order valence-electron chi connectivity index (χ1n) is 5.17. The first-order chi connectivity index (χ1) is 7.69. The molecule has 0 aliphatic rings. The van der Waals surface area contributed by atoms with Crippen LogP contribution in [0.1, 0.15) is 19.4 Å². The Bertz CT molecular complexity index is 394. The molecule has 1 rings (SSSR count). The second-order valence-electron chi connectivity index (χ2n) is 3.26. The van der Waals surface area contributed by atoms with Crippen LogP contribution in [-0.2, 0) is 4.79 Å². The van der Waals surface area contributed by atoms with Gasteiger partial charge in [0.05, 0.1) is 13.7 Å². The molecule has 0 atom stereocenters. The lowest BCUT2D eigenvalue weighted by molar-refractivity contribution is -0.112. The Labute approximate surface area is 95.7 Å². The summed E-state index contributed by atoms with van der Waals surface area (Å²) >= 11 is 0. The Morgan fingerprint density at radius 1 is 1.44 bits per heavy atom. The fourth-order valence-corrected chi connectivity index (χ4v) is 1.33. The molecule has 0 saturated heterocycles. The monoisotopic (exact) mass is 220 g/mol. The third-order valence-corrected chi connectivity index (χ3v) is 2.02. The van der Waals surface area contributed by atoms with E-state index in [9.17, 15) is 4.79 Å². The van der Waals surface area contributed by atoms with Gasteiger partial charge >= 0.3 is 0 Å². The van der Waals surface area contributed by atoms with Crippen molar-refractivity contribution < 1.29 is 14.3 Å². The van der Waals surface area contributed by atoms with Crippen LogP contribution in [0.3, 0.4) is 0 Å². The number of ketones is 1. The maximum absolute atomic E-state index is 10.9. The van der Waals surface area contributed by atoms with Gasteiger partial charge in [-0.15, -0.1) is 0 Å². The average Bonchev–Trinajstić information content (AvgIpc) is 2.27. The van der Waals surface area contributed by atoms with Crippen LogP contribution >= 0.6 is 0 Å². The zero-order chi connectivity index (χ0) is 12.0. The van der Waals surface area contributed by atoms with Crippen molar-refractivity contribution in [2.45, 2.75) is 13.8 Å². The molecule has 0 aromatic heterocycles. The van der Waals surface area contributed by atoms with E-state index in [0.29, 0.717) is 18.1 Å². The maximum atomic E-state index is 10.9. The predicted molar refractivity (Wildman–Crippen MR) is 63.9 cm³/mol. The van der Waals surface area contributed by atoms with E-state index in [2.05, 4.69) is 0 Å². The normalized spacial score (nSPS) is 10.4. The van der Waals surface area contributed by atoms with E-state index in [1.165, 1.54) is 13.0 Å². The zero-order valence-electron chi connectivity index (χ0n) is 9.82. The van der Waals surface area contributed by atoms with E-state index < -0.39 is 0 Å². The number of hydrogen-bond acceptors (Lipinski definition) is 3. The third kappa shape index (κ3) is 3.12. The van der Waals surface area contributed by atoms with Gasteiger partial charge < -0.3 is 9.47 Å². The van der Waals surface area contributed by atoms with Gasteiger partial charge in [-0.3, -0.25) is 4.79 Å². The lowest BCUT2D eigenvalue weighted by Crippen LogP contribution is -1.97. The Morgan fingerprint density at radius 3 is 2.75 bits per heavy atom. The largest absolute Gasteiger partial charge is 0.493 e. The van der Waals surface area contributed by atoms with E-state index in [1.54, 1.807) is 13.2 Å². The summed E-state index contributed by atoms with van der Waals surface area (Å²) in [6, 6.07) is 5.57. The molecule has 0 amide bonds. The highest BCUT2D eigenvalue weighted by atomic mass is 16.5. The summed E-state index contributed by atoms with van der Waals surface area (Å²) in [5, 5.41) is 0. The van der Waals surface area contributed by atoms with Crippen molar-refractivity contribution in [3.05, 3.63) is 29.8 Å². The van der Waals surface area contributed by atoms with E-state index >= 15 is 0 Å². The molecule has 3 nitrogen and oxygen atoms in total. The fraction of sp³-hybridized carbons (Fsp3) is 0.308. The number of rotatable bonds is 5. The minimum absolute atomic E-state index is 0.00488. The van der Waals surface area contributed by atoms with Crippen molar-refractivity contribution in [1.82, 2.24) is 0 Å². The summed E-state index contributed by atoms with van der Waals surface area (Å²) < 4.78 is 10.7. The van der Waals surface area contributed by atoms with Crippen molar-refractivity contribution in [1.29, 1.82) is 0 Å². The van der Waals surface area contributed by atoms with Gasteiger partial charge in [0.15, 0.2) is 17.3 Å². The Balaban J connectivity index is 3.10. The van der Waals surface area contributed by atoms with Gasteiger partial charge in [0.1, 0.15) is 0 Å². The molecule has 1 aromatic rings. The minimum atomic E-state index is 0.00488. The summed E-state index contributed by atoms with van der Waals surface area (Å²) in [7, 11) is 1.59. The summed E-state index contributed by atoms with van der Waals surface area (Å²) in [6.07, 6.45) is 3.24. The number of carbonyl (C=O) groups excluding carboxylic acids is 1. The summed E-state index contributed by atoms with van der Waals surface area (Å²) in [5.41, 5.74) is 0.844. The molecule has 16 heavy (non-hydrogen) atoms. The molecule has 0 spiro atoms. The maximum Gasteiger partial charge on any atom is 0.168 e. The smallest absolute Gasteiger partial charge is 0.168 e. The molecule has 0 N–H and O–H groups in total. The van der Waals surface area contributed by atoms with Crippen LogP contribution in [0.25, 0.3) is 6.08 Å². The molecule has 0 saturated carbocycles. The number of methoxy groups -OCH3 is 1. The summed E-state index contributed by atoms with van der Waals surface area (Å²) in [6.45, 7) is 3.98. The molecule has 1 aromatic carbocycles. The van der Waals surface area contributed by atoms with Gasteiger partial charge in [-0.05, 0) is 32.1 Å². The Morgan fingerprint density at radius 2 is 2.19 bits per heavy atom. The molecule has 0 bridgehead atoms. The van der Waals surface area contributed by atoms with Crippen molar-refractivity contribution in [3.63, 3.8) is 0 Å². The Hall–Kier alpha value is -1.77. The molecule has 0 heterocycles. The van der Waals surface area contributed by atoms with Crippen molar-refractivity contribution >= 4 is 11.9 Å². The van der Waals surface area contributed by atoms with E-state index in [-0.39, 0.29) is 5.78 Å². The molecule has 0 radical (unpaired) electrons. The van der Waals surface area contributed by atoms with Crippen LogP contribution < -0.4 is 9.47 Å². The molecular formula is C13H16O3. The SMILES string of the molecule is CCOc1c(/C=C/C(C)=O)cccc1OC. The van der Waals surface area contributed by atoms with Gasteiger partial charge in [0.2, 0.25) is 0 Å². The highest BCUT2D eigenvalue weighted by Gasteiger charge is 2.07. The van der Waals surface area contributed by atoms with Crippen LogP contribution in [0.2, 0.25) is 0 Å². The summed E-state index contributed by atoms with van der Waals surface area (Å²) in [5.74, 6) is 1.35. The molecule has 0 aliphatic heterocycles. The van der Waals surface area contributed by atoms with E-state index in [1.807, 2.05) is 25.1 Å². The second kappa shape index (κ2) is 5.95. The van der Waals surface area contributed by atoms with Gasteiger partial charge in [0.25, 0.3) is 0 Å². The topological polar surface area (TPSA) is 35.5 Å². The molecule has 0 aliphatic carbocycles. The van der Waals surface area contributed by atoms with Crippen LogP contribution in [-0.4, -0.2) is 19.5 Å². The van der Waals surface area contributed by atoms with Crippen molar-refractivity contribution in [2.24, 2.45) is 0 Å². The van der Waals surface area contributed by atoms with E-state index in [0.717, 1.165) is 5.56 Å². The lowest BCUT2D eigenvalue weighted by atomic mass is 10.1.